The third-order valence-corrected chi connectivity index (χ3v) is 13.7. The average Bonchev–Trinajstić information content (AvgIpc) is 4.02. The van der Waals surface area contributed by atoms with Crippen LogP contribution in [0.3, 0.4) is 0 Å². The van der Waals surface area contributed by atoms with E-state index in [1.165, 1.54) is 82.6 Å². The highest BCUT2D eigenvalue weighted by Crippen LogP contribution is 2.63. The monoisotopic (exact) mass is 793 g/mol. The summed E-state index contributed by atoms with van der Waals surface area (Å²) < 4.78 is 8.51. The first-order chi connectivity index (χ1) is 30.6. The summed E-state index contributed by atoms with van der Waals surface area (Å²) in [6.07, 6.45) is 0. The molecule has 0 amide bonds. The van der Waals surface area contributed by atoms with Crippen LogP contribution < -0.4 is 5.73 Å². The molecule has 4 heteroatoms. The van der Waals surface area contributed by atoms with Gasteiger partial charge in [0.1, 0.15) is 11.3 Å². The molecule has 2 N–H and O–H groups in total. The quantitative estimate of drug-likeness (QED) is 0.176. The number of hydrogen-bond acceptors (Lipinski definition) is 3. The SMILES string of the molecule is CC(/C(=N\c1c(N)oc2ccccc12)c1ccc(-n2c3ccccc3c3cc4ccccc4cc32)cc1)c1cccc2c1-c1ccccc1C21c2ccccc2-c2ccccc21. The van der Waals surface area contributed by atoms with Gasteiger partial charge in [0.15, 0.2) is 0 Å². The summed E-state index contributed by atoms with van der Waals surface area (Å²) in [5.41, 5.74) is 24.7. The second-order valence-electron chi connectivity index (χ2n) is 16.8. The second-order valence-corrected chi connectivity index (χ2v) is 16.8. The number of rotatable bonds is 5. The van der Waals surface area contributed by atoms with E-state index in [4.69, 9.17) is 15.1 Å². The minimum Gasteiger partial charge on any atom is -0.439 e. The normalized spacial score (nSPS) is 14.1. The number of nitrogen functional groups attached to an aromatic ring is 1. The molecule has 1 atom stereocenters. The van der Waals surface area contributed by atoms with Crippen LogP contribution in [-0.4, -0.2) is 10.3 Å². The van der Waals surface area contributed by atoms with Gasteiger partial charge in [-0.05, 0) is 109 Å². The van der Waals surface area contributed by atoms with Gasteiger partial charge in [0.05, 0.1) is 22.2 Å². The minimum atomic E-state index is -0.438. The van der Waals surface area contributed by atoms with Crippen molar-refractivity contribution >= 4 is 60.8 Å². The lowest BCUT2D eigenvalue weighted by molar-refractivity contribution is 0.638. The van der Waals surface area contributed by atoms with E-state index in [-0.39, 0.29) is 5.92 Å². The van der Waals surface area contributed by atoms with Crippen LogP contribution in [0, 0.1) is 0 Å². The molecule has 2 aliphatic rings. The van der Waals surface area contributed by atoms with Gasteiger partial charge in [0.25, 0.3) is 0 Å². The molecule has 4 nitrogen and oxygen atoms in total. The van der Waals surface area contributed by atoms with Crippen molar-refractivity contribution in [2.45, 2.75) is 18.3 Å². The van der Waals surface area contributed by atoms with Crippen LogP contribution in [0.25, 0.3) is 71.5 Å². The summed E-state index contributed by atoms with van der Waals surface area (Å²) in [7, 11) is 0. The van der Waals surface area contributed by atoms with Crippen LogP contribution in [0.1, 0.15) is 46.2 Å². The fourth-order valence-corrected chi connectivity index (χ4v) is 11.1. The smallest absolute Gasteiger partial charge is 0.217 e. The molecule has 2 heterocycles. The van der Waals surface area contributed by atoms with E-state index < -0.39 is 5.41 Å². The molecular weight excluding hydrogens is 755 g/mol. The molecule has 9 aromatic carbocycles. The maximum Gasteiger partial charge on any atom is 0.217 e. The Morgan fingerprint density at radius 2 is 1.11 bits per heavy atom. The van der Waals surface area contributed by atoms with Gasteiger partial charge >= 0.3 is 0 Å². The maximum atomic E-state index is 6.70. The lowest BCUT2D eigenvalue weighted by Gasteiger charge is -2.30. The lowest BCUT2D eigenvalue weighted by Crippen LogP contribution is -2.26. The molecule has 2 aromatic heterocycles. The Balaban J connectivity index is 1.02. The van der Waals surface area contributed by atoms with Crippen LogP contribution in [0.4, 0.5) is 11.6 Å². The van der Waals surface area contributed by atoms with Crippen molar-refractivity contribution in [1.29, 1.82) is 0 Å². The van der Waals surface area contributed by atoms with Crippen molar-refractivity contribution in [2.75, 3.05) is 5.73 Å². The lowest BCUT2D eigenvalue weighted by atomic mass is 9.70. The summed E-state index contributed by atoms with van der Waals surface area (Å²) in [5, 5.41) is 5.83. The number of aromatic nitrogens is 1. The number of benzene rings is 9. The summed E-state index contributed by atoms with van der Waals surface area (Å²) in [6.45, 7) is 2.29. The molecule has 11 aromatic rings. The Morgan fingerprint density at radius 1 is 0.532 bits per heavy atom. The van der Waals surface area contributed by atoms with Crippen LogP contribution in [0.5, 0.6) is 0 Å². The van der Waals surface area contributed by atoms with Gasteiger partial charge in [-0.3, -0.25) is 0 Å². The van der Waals surface area contributed by atoms with Crippen molar-refractivity contribution in [2.24, 2.45) is 4.99 Å². The van der Waals surface area contributed by atoms with Crippen LogP contribution in [0.2, 0.25) is 0 Å². The fraction of sp³-hybridized carbons (Fsp3) is 0.0517. The van der Waals surface area contributed by atoms with Gasteiger partial charge in [-0.25, -0.2) is 4.99 Å². The zero-order valence-electron chi connectivity index (χ0n) is 34.0. The summed E-state index contributed by atoms with van der Waals surface area (Å²) in [6, 6.07) is 72.7. The summed E-state index contributed by atoms with van der Waals surface area (Å²) in [4.78, 5) is 5.55. The van der Waals surface area contributed by atoms with E-state index in [9.17, 15) is 0 Å². The second kappa shape index (κ2) is 13.0. The molecule has 0 fully saturated rings. The number of anilines is 1. The molecule has 2 aliphatic carbocycles. The van der Waals surface area contributed by atoms with E-state index in [1.54, 1.807) is 0 Å². The number of nitrogens with two attached hydrogens (primary N) is 1. The van der Waals surface area contributed by atoms with Gasteiger partial charge < -0.3 is 14.7 Å². The highest BCUT2D eigenvalue weighted by atomic mass is 16.3. The predicted molar refractivity (Wildman–Crippen MR) is 256 cm³/mol. The van der Waals surface area contributed by atoms with E-state index >= 15 is 0 Å². The molecule has 0 aliphatic heterocycles. The Kier molecular flexibility index (Phi) is 7.32. The number of nitrogens with zero attached hydrogens (tertiary/aromatic N) is 2. The molecule has 1 unspecified atom stereocenters. The topological polar surface area (TPSA) is 56.4 Å². The van der Waals surface area contributed by atoms with Crippen LogP contribution in [0.15, 0.2) is 210 Å². The van der Waals surface area contributed by atoms with Gasteiger partial charge in [-0.1, -0.05) is 165 Å². The molecule has 0 bridgehead atoms. The Hall–Kier alpha value is -7.95. The summed E-state index contributed by atoms with van der Waals surface area (Å²) >= 11 is 0. The number of para-hydroxylation sites is 2. The third-order valence-electron chi connectivity index (χ3n) is 13.7. The van der Waals surface area contributed by atoms with Gasteiger partial charge in [0, 0.05) is 27.8 Å². The molecule has 13 rings (SSSR count). The molecule has 1 spiro atoms. The first-order valence-electron chi connectivity index (χ1n) is 21.4. The standard InChI is InChI=1S/C58H39N3O/c1-35(40-22-14-26-50-54(40)44-20-6-11-25-49(44)58(50)47-23-9-4-17-41(47)42-18-5-10-24-48(42)58)55(60-56-45-21-8-13-28-53(45)62-57(56)59)36-29-31-39(32-30-36)61-51-27-12-7-19-43(51)46-33-37-15-2-3-16-38(37)34-52(46)61/h2-35H,59H2,1H3/b60-55+. The summed E-state index contributed by atoms with van der Waals surface area (Å²) in [5.74, 6) is 0.172. The Labute approximate surface area is 358 Å². The third kappa shape index (κ3) is 4.69. The molecule has 0 saturated heterocycles. The molecule has 0 saturated carbocycles. The fourth-order valence-electron chi connectivity index (χ4n) is 11.1. The van der Waals surface area contributed by atoms with Crippen molar-refractivity contribution in [3.63, 3.8) is 0 Å². The zero-order chi connectivity index (χ0) is 41.1. The van der Waals surface area contributed by atoms with Gasteiger partial charge in [-0.15, -0.1) is 0 Å². The average molecular weight is 794 g/mol. The Bertz CT molecular complexity index is 3630. The highest BCUT2D eigenvalue weighted by Gasteiger charge is 2.52. The molecular formula is C58H39N3O. The van der Waals surface area contributed by atoms with Crippen molar-refractivity contribution in [3.05, 3.63) is 234 Å². The van der Waals surface area contributed by atoms with Crippen LogP contribution in [-0.2, 0) is 5.41 Å². The van der Waals surface area contributed by atoms with E-state index in [1.807, 2.05) is 24.3 Å². The van der Waals surface area contributed by atoms with E-state index in [2.05, 4.69) is 187 Å². The van der Waals surface area contributed by atoms with Crippen LogP contribution >= 0.6 is 0 Å². The first-order valence-corrected chi connectivity index (χ1v) is 21.4. The molecule has 62 heavy (non-hydrogen) atoms. The predicted octanol–water partition coefficient (Wildman–Crippen LogP) is 14.5. The molecule has 0 radical (unpaired) electrons. The van der Waals surface area contributed by atoms with Gasteiger partial charge in [-0.2, -0.15) is 0 Å². The van der Waals surface area contributed by atoms with Crippen molar-refractivity contribution in [1.82, 2.24) is 4.57 Å². The van der Waals surface area contributed by atoms with E-state index in [0.717, 1.165) is 27.9 Å². The zero-order valence-corrected chi connectivity index (χ0v) is 34.0. The number of furan rings is 1. The first kappa shape index (κ1) is 34.9. The highest BCUT2D eigenvalue weighted by molar-refractivity contribution is 6.14. The Morgan fingerprint density at radius 3 is 1.85 bits per heavy atom. The number of fused-ring (bicyclic) bond motifs is 15. The van der Waals surface area contributed by atoms with Crippen molar-refractivity contribution < 1.29 is 4.42 Å². The minimum absolute atomic E-state index is 0.140. The van der Waals surface area contributed by atoms with Crippen molar-refractivity contribution in [3.8, 4) is 27.9 Å². The molecule has 292 valence electrons. The largest absolute Gasteiger partial charge is 0.439 e. The number of aliphatic imine (C=N–C) groups is 1. The van der Waals surface area contributed by atoms with E-state index in [0.29, 0.717) is 11.6 Å². The maximum absolute atomic E-state index is 6.70. The number of hydrogen-bond donors (Lipinski definition) is 1. The van der Waals surface area contributed by atoms with Gasteiger partial charge in [0.2, 0.25) is 5.88 Å².